The molecule has 1 heterocycles. The number of Topliss-reactive ketones (excluding diaryl/α,β-unsaturated/α-hetero) is 1. The van der Waals surface area contributed by atoms with Crippen molar-refractivity contribution < 1.29 is 14.0 Å². The fourth-order valence-electron chi connectivity index (χ4n) is 2.59. The molecule has 0 aliphatic carbocycles. The summed E-state index contributed by atoms with van der Waals surface area (Å²) in [5, 5.41) is 0. The minimum atomic E-state index is -0.547. The molecule has 1 amide bonds. The number of carbonyl (C=O) groups is 2. The summed E-state index contributed by atoms with van der Waals surface area (Å²) in [7, 11) is 0. The van der Waals surface area contributed by atoms with Gasteiger partial charge in [0.25, 0.3) is 0 Å². The van der Waals surface area contributed by atoms with E-state index in [1.54, 1.807) is 24.0 Å². The largest absolute Gasteiger partial charge is 0.312 e. The number of ketones is 1. The normalized spacial score (nSPS) is 19.6. The van der Waals surface area contributed by atoms with E-state index in [0.717, 1.165) is 6.42 Å². The lowest BCUT2D eigenvalue weighted by Gasteiger charge is -2.32. The Labute approximate surface area is 118 Å². The highest BCUT2D eigenvalue weighted by Crippen LogP contribution is 2.27. The number of nitrogens with zero attached hydrogens (tertiary/aromatic N) is 1. The van der Waals surface area contributed by atoms with Crippen LogP contribution < -0.4 is 4.90 Å². The summed E-state index contributed by atoms with van der Waals surface area (Å²) in [5.41, 5.74) is 1.18. The van der Waals surface area contributed by atoms with Crippen molar-refractivity contribution in [3.8, 4) is 0 Å². The molecule has 1 aromatic rings. The molecule has 1 unspecified atom stereocenters. The topological polar surface area (TPSA) is 37.4 Å². The highest BCUT2D eigenvalue weighted by Gasteiger charge is 2.35. The second-order valence-electron chi connectivity index (χ2n) is 5.68. The lowest BCUT2D eigenvalue weighted by molar-refractivity contribution is -0.135. The number of amides is 1. The van der Waals surface area contributed by atoms with Gasteiger partial charge in [0, 0.05) is 18.2 Å². The minimum Gasteiger partial charge on any atom is -0.312 e. The molecule has 1 saturated heterocycles. The van der Waals surface area contributed by atoms with Gasteiger partial charge in [-0.25, -0.2) is 4.39 Å². The second kappa shape index (κ2) is 5.73. The van der Waals surface area contributed by atoms with Crippen LogP contribution >= 0.6 is 0 Å². The number of rotatable bonds is 3. The molecule has 1 aromatic carbocycles. The van der Waals surface area contributed by atoms with Gasteiger partial charge in [-0.2, -0.15) is 0 Å². The fourth-order valence-corrected chi connectivity index (χ4v) is 2.59. The van der Waals surface area contributed by atoms with Crippen LogP contribution in [0, 0.1) is 24.6 Å². The number of anilines is 1. The van der Waals surface area contributed by atoms with Gasteiger partial charge in [0.05, 0.1) is 5.92 Å². The summed E-state index contributed by atoms with van der Waals surface area (Å²) in [6.07, 6.45) is 1.41. The Morgan fingerprint density at radius 1 is 1.40 bits per heavy atom. The van der Waals surface area contributed by atoms with Gasteiger partial charge in [-0.3, -0.25) is 9.59 Å². The van der Waals surface area contributed by atoms with Crippen LogP contribution in [0.3, 0.4) is 0 Å². The molecule has 0 radical (unpaired) electrons. The first-order chi connectivity index (χ1) is 9.41. The summed E-state index contributed by atoms with van der Waals surface area (Å²) >= 11 is 0. The average molecular weight is 277 g/mol. The van der Waals surface area contributed by atoms with Crippen LogP contribution in [0.4, 0.5) is 10.1 Å². The molecule has 2 rings (SSSR count). The number of hydrogen-bond donors (Lipinski definition) is 0. The maximum absolute atomic E-state index is 13.3. The summed E-state index contributed by atoms with van der Waals surface area (Å²) < 4.78 is 13.3. The average Bonchev–Trinajstić information content (AvgIpc) is 2.41. The van der Waals surface area contributed by atoms with Crippen molar-refractivity contribution >= 4 is 17.4 Å². The van der Waals surface area contributed by atoms with E-state index in [9.17, 15) is 14.0 Å². The van der Waals surface area contributed by atoms with Gasteiger partial charge in [0.1, 0.15) is 11.6 Å². The minimum absolute atomic E-state index is 0.00136. The molecule has 3 nitrogen and oxygen atoms in total. The summed E-state index contributed by atoms with van der Waals surface area (Å²) in [5.74, 6) is -1.12. The zero-order chi connectivity index (χ0) is 14.9. The number of halogens is 1. The van der Waals surface area contributed by atoms with E-state index in [0.29, 0.717) is 24.2 Å². The first-order valence-electron chi connectivity index (χ1n) is 7.03. The monoisotopic (exact) mass is 277 g/mol. The molecule has 0 N–H and O–H groups in total. The van der Waals surface area contributed by atoms with Crippen LogP contribution in [0.15, 0.2) is 18.2 Å². The third kappa shape index (κ3) is 2.74. The summed E-state index contributed by atoms with van der Waals surface area (Å²) in [4.78, 5) is 26.2. The molecule has 1 aliphatic heterocycles. The maximum Gasteiger partial charge on any atom is 0.237 e. The van der Waals surface area contributed by atoms with Gasteiger partial charge in [0.15, 0.2) is 0 Å². The van der Waals surface area contributed by atoms with Crippen LogP contribution in [0.1, 0.15) is 32.3 Å². The van der Waals surface area contributed by atoms with Crippen LogP contribution in [-0.4, -0.2) is 18.2 Å². The van der Waals surface area contributed by atoms with Gasteiger partial charge in [-0.15, -0.1) is 0 Å². The van der Waals surface area contributed by atoms with Crippen LogP contribution in [0.25, 0.3) is 0 Å². The molecule has 1 atom stereocenters. The molecule has 0 spiro atoms. The number of hydrogen-bond acceptors (Lipinski definition) is 2. The summed E-state index contributed by atoms with van der Waals surface area (Å²) in [6.45, 7) is 5.89. The Bertz CT molecular complexity index is 539. The smallest absolute Gasteiger partial charge is 0.237 e. The number of aryl methyl sites for hydroxylation is 1. The molecule has 1 fully saturated rings. The molecule has 0 saturated carbocycles. The van der Waals surface area contributed by atoms with Crippen LogP contribution in [0.5, 0.6) is 0 Å². The molecule has 0 bridgehead atoms. The van der Waals surface area contributed by atoms with E-state index < -0.39 is 5.92 Å². The highest BCUT2D eigenvalue weighted by atomic mass is 19.1. The molecular formula is C16H20FNO2. The Morgan fingerprint density at radius 2 is 2.10 bits per heavy atom. The Hall–Kier alpha value is -1.71. The maximum atomic E-state index is 13.3. The van der Waals surface area contributed by atoms with Crippen molar-refractivity contribution in [2.24, 2.45) is 11.8 Å². The Morgan fingerprint density at radius 3 is 2.70 bits per heavy atom. The predicted octanol–water partition coefficient (Wildman–Crippen LogP) is 3.10. The van der Waals surface area contributed by atoms with Gasteiger partial charge in [-0.05, 0) is 43.5 Å². The van der Waals surface area contributed by atoms with Gasteiger partial charge < -0.3 is 4.90 Å². The molecule has 0 aromatic heterocycles. The Balaban J connectivity index is 2.26. The fraction of sp³-hybridized carbons (Fsp3) is 0.500. The van der Waals surface area contributed by atoms with Crippen molar-refractivity contribution in [3.63, 3.8) is 0 Å². The lowest BCUT2D eigenvalue weighted by Crippen LogP contribution is -2.45. The van der Waals surface area contributed by atoms with E-state index in [-0.39, 0.29) is 23.4 Å². The predicted molar refractivity (Wildman–Crippen MR) is 76.1 cm³/mol. The number of carbonyl (C=O) groups excluding carboxylic acids is 2. The van der Waals surface area contributed by atoms with Gasteiger partial charge >= 0.3 is 0 Å². The molecule has 1 aliphatic rings. The van der Waals surface area contributed by atoms with Crippen molar-refractivity contribution in [2.45, 2.75) is 33.6 Å². The van der Waals surface area contributed by atoms with Crippen LogP contribution in [0.2, 0.25) is 0 Å². The van der Waals surface area contributed by atoms with E-state index in [1.807, 2.05) is 13.8 Å². The van der Waals surface area contributed by atoms with Crippen molar-refractivity contribution in [2.75, 3.05) is 11.4 Å². The van der Waals surface area contributed by atoms with Gasteiger partial charge in [0.2, 0.25) is 5.91 Å². The molecule has 4 heteroatoms. The SMILES string of the molecule is Cc1cc(N2CCCC(C(=O)C(C)C)C2=O)ccc1F. The van der Waals surface area contributed by atoms with E-state index in [2.05, 4.69) is 0 Å². The van der Waals surface area contributed by atoms with E-state index in [4.69, 9.17) is 0 Å². The quantitative estimate of drug-likeness (QED) is 0.796. The zero-order valence-electron chi connectivity index (χ0n) is 12.1. The first-order valence-corrected chi connectivity index (χ1v) is 7.03. The van der Waals surface area contributed by atoms with E-state index >= 15 is 0 Å². The summed E-state index contributed by atoms with van der Waals surface area (Å²) in [6, 6.07) is 4.63. The standard InChI is InChI=1S/C16H20FNO2/c1-10(2)15(19)13-5-4-8-18(16(13)20)12-6-7-14(17)11(3)9-12/h6-7,9-10,13H,4-5,8H2,1-3H3. The Kier molecular flexibility index (Phi) is 4.21. The molecule has 20 heavy (non-hydrogen) atoms. The first kappa shape index (κ1) is 14.7. The number of benzene rings is 1. The van der Waals surface area contributed by atoms with Crippen LogP contribution in [-0.2, 0) is 9.59 Å². The molecular weight excluding hydrogens is 257 g/mol. The third-order valence-corrected chi connectivity index (χ3v) is 3.80. The van der Waals surface area contributed by atoms with E-state index in [1.165, 1.54) is 6.07 Å². The van der Waals surface area contributed by atoms with Crippen molar-refractivity contribution in [1.29, 1.82) is 0 Å². The highest BCUT2D eigenvalue weighted by molar-refractivity contribution is 6.09. The van der Waals surface area contributed by atoms with Gasteiger partial charge in [-0.1, -0.05) is 13.8 Å². The third-order valence-electron chi connectivity index (χ3n) is 3.80. The zero-order valence-corrected chi connectivity index (χ0v) is 12.1. The molecule has 108 valence electrons. The number of piperidine rings is 1. The second-order valence-corrected chi connectivity index (χ2v) is 5.68. The van der Waals surface area contributed by atoms with Crippen molar-refractivity contribution in [1.82, 2.24) is 0 Å². The van der Waals surface area contributed by atoms with Crippen molar-refractivity contribution in [3.05, 3.63) is 29.6 Å². The lowest BCUT2D eigenvalue weighted by atomic mass is 9.87.